The predicted molar refractivity (Wildman–Crippen MR) is 97.3 cm³/mol. The number of benzene rings is 1. The van der Waals surface area contributed by atoms with E-state index in [0.29, 0.717) is 12.0 Å². The van der Waals surface area contributed by atoms with Gasteiger partial charge in [0.1, 0.15) is 0 Å². The number of rotatable bonds is 8. The maximum Gasteiger partial charge on any atom is 0.251 e. The SMILES string of the molecule is CC(C)=Cc1cccc(C(=O)N[C@@H](CC(C)C)C(=O)[C@@]2(CO)CO2)c1. The largest absolute Gasteiger partial charge is 0.393 e. The molecule has 1 aromatic carbocycles. The van der Waals surface area contributed by atoms with Crippen LogP contribution in [0.2, 0.25) is 0 Å². The highest BCUT2D eigenvalue weighted by Crippen LogP contribution is 2.30. The van der Waals surface area contributed by atoms with Crippen LogP contribution in [0, 0.1) is 5.92 Å². The van der Waals surface area contributed by atoms with Crippen LogP contribution in [0.25, 0.3) is 6.08 Å². The van der Waals surface area contributed by atoms with E-state index < -0.39 is 11.6 Å². The van der Waals surface area contributed by atoms with Crippen LogP contribution < -0.4 is 5.32 Å². The van der Waals surface area contributed by atoms with E-state index in [1.807, 2.05) is 45.9 Å². The Balaban J connectivity index is 2.17. The average molecular weight is 345 g/mol. The number of hydrogen-bond donors (Lipinski definition) is 2. The second kappa shape index (κ2) is 7.93. The number of hydrogen-bond acceptors (Lipinski definition) is 4. The maximum absolute atomic E-state index is 12.7. The van der Waals surface area contributed by atoms with Gasteiger partial charge in [-0.2, -0.15) is 0 Å². The number of carbonyl (C=O) groups excluding carboxylic acids is 2. The third-order valence-corrected chi connectivity index (χ3v) is 4.13. The summed E-state index contributed by atoms with van der Waals surface area (Å²) < 4.78 is 5.16. The zero-order valence-corrected chi connectivity index (χ0v) is 15.3. The van der Waals surface area contributed by atoms with Crippen molar-refractivity contribution in [2.24, 2.45) is 5.92 Å². The molecule has 1 amide bonds. The van der Waals surface area contributed by atoms with Crippen LogP contribution in [0.5, 0.6) is 0 Å². The molecular formula is C20H27NO4. The topological polar surface area (TPSA) is 78.9 Å². The van der Waals surface area contributed by atoms with Crippen molar-refractivity contribution in [3.8, 4) is 0 Å². The van der Waals surface area contributed by atoms with Crippen molar-refractivity contribution in [2.45, 2.75) is 45.8 Å². The normalized spacial score (nSPS) is 20.1. The third-order valence-electron chi connectivity index (χ3n) is 4.13. The third kappa shape index (κ3) is 5.00. The molecule has 0 aromatic heterocycles. The molecule has 0 spiro atoms. The van der Waals surface area contributed by atoms with Crippen LogP contribution in [-0.2, 0) is 9.53 Å². The van der Waals surface area contributed by atoms with E-state index in [1.165, 1.54) is 0 Å². The summed E-state index contributed by atoms with van der Waals surface area (Å²) in [5, 5.41) is 12.2. The minimum absolute atomic E-state index is 0.211. The molecule has 2 rings (SSSR count). The van der Waals surface area contributed by atoms with Gasteiger partial charge in [-0.25, -0.2) is 0 Å². The monoisotopic (exact) mass is 345 g/mol. The van der Waals surface area contributed by atoms with Crippen molar-refractivity contribution in [2.75, 3.05) is 13.2 Å². The Bertz CT molecular complexity index is 670. The summed E-state index contributed by atoms with van der Waals surface area (Å²) in [7, 11) is 0. The van der Waals surface area contributed by atoms with Gasteiger partial charge in [-0.1, -0.05) is 37.6 Å². The molecule has 1 aliphatic rings. The number of ether oxygens (including phenoxy) is 1. The van der Waals surface area contributed by atoms with Crippen molar-refractivity contribution in [1.82, 2.24) is 5.32 Å². The molecule has 1 aromatic rings. The first-order valence-corrected chi connectivity index (χ1v) is 8.62. The van der Waals surface area contributed by atoms with Gasteiger partial charge in [-0.15, -0.1) is 0 Å². The van der Waals surface area contributed by atoms with Gasteiger partial charge in [0.15, 0.2) is 11.4 Å². The lowest BCUT2D eigenvalue weighted by molar-refractivity contribution is -0.127. The molecule has 0 unspecified atom stereocenters. The molecule has 2 N–H and O–H groups in total. The van der Waals surface area contributed by atoms with E-state index in [2.05, 4.69) is 5.32 Å². The molecular weight excluding hydrogens is 318 g/mol. The number of aliphatic hydroxyl groups excluding tert-OH is 1. The van der Waals surface area contributed by atoms with E-state index in [4.69, 9.17) is 4.74 Å². The highest BCUT2D eigenvalue weighted by Gasteiger charge is 2.54. The van der Waals surface area contributed by atoms with Gasteiger partial charge in [0.25, 0.3) is 5.91 Å². The lowest BCUT2D eigenvalue weighted by Crippen LogP contribution is -2.48. The molecule has 1 saturated heterocycles. The Kier molecular flexibility index (Phi) is 6.14. The van der Waals surface area contributed by atoms with E-state index in [0.717, 1.165) is 11.1 Å². The molecule has 0 radical (unpaired) electrons. The Morgan fingerprint density at radius 1 is 1.36 bits per heavy atom. The lowest BCUT2D eigenvalue weighted by atomic mass is 9.92. The fourth-order valence-corrected chi connectivity index (χ4v) is 2.76. The second-order valence-electron chi connectivity index (χ2n) is 7.31. The van der Waals surface area contributed by atoms with Crippen LogP contribution in [-0.4, -0.2) is 41.7 Å². The number of aliphatic hydroxyl groups is 1. The average Bonchev–Trinajstić information content (AvgIpc) is 3.34. The molecule has 1 fully saturated rings. The molecule has 5 nitrogen and oxygen atoms in total. The number of nitrogens with one attached hydrogen (secondary N) is 1. The molecule has 2 atom stereocenters. The summed E-state index contributed by atoms with van der Waals surface area (Å²) in [6.45, 7) is 7.82. The van der Waals surface area contributed by atoms with Crippen LogP contribution >= 0.6 is 0 Å². The number of allylic oxidation sites excluding steroid dienone is 1. The first kappa shape index (κ1) is 19.3. The second-order valence-corrected chi connectivity index (χ2v) is 7.31. The first-order chi connectivity index (χ1) is 11.8. The van der Waals surface area contributed by atoms with Gasteiger partial charge in [-0.05, 0) is 43.9 Å². The molecule has 5 heteroatoms. The van der Waals surface area contributed by atoms with E-state index in [-0.39, 0.29) is 30.8 Å². The fraction of sp³-hybridized carbons (Fsp3) is 0.500. The Morgan fingerprint density at radius 2 is 2.04 bits per heavy atom. The lowest BCUT2D eigenvalue weighted by Gasteiger charge is -2.22. The maximum atomic E-state index is 12.7. The Morgan fingerprint density at radius 3 is 2.56 bits per heavy atom. The zero-order valence-electron chi connectivity index (χ0n) is 15.3. The van der Waals surface area contributed by atoms with Gasteiger partial charge in [0, 0.05) is 5.56 Å². The number of amides is 1. The molecule has 25 heavy (non-hydrogen) atoms. The number of epoxide rings is 1. The Labute approximate surface area is 149 Å². The van der Waals surface area contributed by atoms with E-state index in [1.54, 1.807) is 12.1 Å². The molecule has 0 bridgehead atoms. The number of ketones is 1. The molecule has 1 heterocycles. The van der Waals surface area contributed by atoms with Crippen molar-refractivity contribution >= 4 is 17.8 Å². The molecule has 0 aliphatic carbocycles. The quantitative estimate of drug-likeness (QED) is 0.710. The minimum Gasteiger partial charge on any atom is -0.393 e. The fourth-order valence-electron chi connectivity index (χ4n) is 2.76. The smallest absolute Gasteiger partial charge is 0.251 e. The first-order valence-electron chi connectivity index (χ1n) is 8.62. The van der Waals surface area contributed by atoms with Crippen molar-refractivity contribution in [3.63, 3.8) is 0 Å². The number of carbonyl (C=O) groups is 2. The molecule has 0 saturated carbocycles. The summed E-state index contributed by atoms with van der Waals surface area (Å²) in [6, 6.07) is 6.61. The highest BCUT2D eigenvalue weighted by atomic mass is 16.6. The summed E-state index contributed by atoms with van der Waals surface area (Å²) in [6.07, 6.45) is 2.50. The molecule has 1 aliphatic heterocycles. The zero-order chi connectivity index (χ0) is 18.6. The summed E-state index contributed by atoms with van der Waals surface area (Å²) >= 11 is 0. The Hall–Kier alpha value is -1.98. The van der Waals surface area contributed by atoms with E-state index >= 15 is 0 Å². The van der Waals surface area contributed by atoms with Crippen molar-refractivity contribution < 1.29 is 19.4 Å². The van der Waals surface area contributed by atoms with Gasteiger partial charge in [0.2, 0.25) is 0 Å². The van der Waals surface area contributed by atoms with Gasteiger partial charge in [-0.3, -0.25) is 9.59 Å². The number of Topliss-reactive ketones (excluding diaryl/α,β-unsaturated/α-hetero) is 1. The van der Waals surface area contributed by atoms with Crippen LogP contribution in [0.3, 0.4) is 0 Å². The van der Waals surface area contributed by atoms with Crippen LogP contribution in [0.1, 0.15) is 50.0 Å². The van der Waals surface area contributed by atoms with Gasteiger partial charge in [0.05, 0.1) is 19.3 Å². The predicted octanol–water partition coefficient (Wildman–Crippen LogP) is 2.58. The molecule has 136 valence electrons. The minimum atomic E-state index is -1.13. The van der Waals surface area contributed by atoms with E-state index in [9.17, 15) is 14.7 Å². The summed E-state index contributed by atoms with van der Waals surface area (Å²) in [5.41, 5.74) is 1.46. The summed E-state index contributed by atoms with van der Waals surface area (Å²) in [5.74, 6) is -0.324. The standard InChI is InChI=1S/C20H27NO4/c1-13(2)8-15-6-5-7-16(10-15)19(24)21-17(9-14(3)4)18(23)20(11-22)12-25-20/h5-8,10,14,17,22H,9,11-12H2,1-4H3,(H,21,24)/t17-,20+/m0/s1. The van der Waals surface area contributed by atoms with Crippen molar-refractivity contribution in [3.05, 3.63) is 41.0 Å². The van der Waals surface area contributed by atoms with Gasteiger partial charge >= 0.3 is 0 Å². The van der Waals surface area contributed by atoms with Gasteiger partial charge < -0.3 is 15.2 Å². The van der Waals surface area contributed by atoms with Crippen molar-refractivity contribution in [1.29, 1.82) is 0 Å². The highest BCUT2D eigenvalue weighted by molar-refractivity contribution is 6.01. The summed E-state index contributed by atoms with van der Waals surface area (Å²) in [4.78, 5) is 25.3. The van der Waals surface area contributed by atoms with Crippen LogP contribution in [0.15, 0.2) is 29.8 Å². The van der Waals surface area contributed by atoms with Crippen LogP contribution in [0.4, 0.5) is 0 Å².